The van der Waals surface area contributed by atoms with Crippen LogP contribution in [0.15, 0.2) is 73.2 Å². The first-order valence-corrected chi connectivity index (χ1v) is 8.50. The second-order valence-corrected chi connectivity index (χ2v) is 6.42. The van der Waals surface area contributed by atoms with E-state index in [9.17, 15) is 0 Å². The third-order valence-corrected chi connectivity index (χ3v) is 4.72. The number of nitrogens with two attached hydrogens (primary N) is 1. The van der Waals surface area contributed by atoms with Crippen molar-refractivity contribution in [2.24, 2.45) is 0 Å². The largest absolute Gasteiger partial charge is 0.384 e. The van der Waals surface area contributed by atoms with E-state index in [0.29, 0.717) is 5.82 Å². The van der Waals surface area contributed by atoms with E-state index in [2.05, 4.69) is 57.5 Å². The van der Waals surface area contributed by atoms with Crippen LogP contribution >= 0.6 is 0 Å². The molecule has 0 saturated carbocycles. The quantitative estimate of drug-likeness (QED) is 0.517. The minimum atomic E-state index is 0.523. The van der Waals surface area contributed by atoms with Crippen LogP contribution in [0.25, 0.3) is 32.9 Å². The van der Waals surface area contributed by atoms with Gasteiger partial charge >= 0.3 is 0 Å². The van der Waals surface area contributed by atoms with Gasteiger partial charge in [0.05, 0.1) is 30.0 Å². The van der Waals surface area contributed by atoms with Crippen LogP contribution in [0.2, 0.25) is 0 Å². The molecule has 0 spiro atoms. The number of nitrogen functional groups attached to an aromatic ring is 1. The number of pyridine rings is 1. The maximum atomic E-state index is 5.86. The summed E-state index contributed by atoms with van der Waals surface area (Å²) in [4.78, 5) is 7.40. The van der Waals surface area contributed by atoms with Gasteiger partial charge in [0, 0.05) is 22.5 Å². The Morgan fingerprint density at radius 2 is 1.88 bits per heavy atom. The number of nitrogens with one attached hydrogen (secondary N) is 1. The molecule has 0 unspecified atom stereocenters. The maximum Gasteiger partial charge on any atom is 0.124 e. The molecule has 26 heavy (non-hydrogen) atoms. The van der Waals surface area contributed by atoms with Crippen molar-refractivity contribution >= 4 is 27.6 Å². The Balaban J connectivity index is 1.57. The molecule has 5 rings (SSSR count). The summed E-state index contributed by atoms with van der Waals surface area (Å²) in [6.07, 6.45) is 5.69. The average molecular weight is 339 g/mol. The average Bonchev–Trinajstić information content (AvgIpc) is 3.26. The normalized spacial score (nSPS) is 11.4. The molecule has 0 aliphatic rings. The molecule has 0 fully saturated rings. The van der Waals surface area contributed by atoms with E-state index in [-0.39, 0.29) is 0 Å². The van der Waals surface area contributed by atoms with Crippen LogP contribution in [-0.4, -0.2) is 19.7 Å². The highest BCUT2D eigenvalue weighted by Gasteiger charge is 2.10. The molecule has 5 nitrogen and oxygen atoms in total. The van der Waals surface area contributed by atoms with E-state index in [1.54, 1.807) is 6.20 Å². The number of benzene rings is 2. The number of aromatic nitrogens is 4. The zero-order valence-electron chi connectivity index (χ0n) is 14.1. The molecule has 126 valence electrons. The second kappa shape index (κ2) is 5.74. The Morgan fingerprint density at radius 3 is 2.77 bits per heavy atom. The van der Waals surface area contributed by atoms with Gasteiger partial charge in [-0.2, -0.15) is 5.10 Å². The van der Waals surface area contributed by atoms with Gasteiger partial charge in [0.1, 0.15) is 5.82 Å². The third-order valence-electron chi connectivity index (χ3n) is 4.72. The Kier molecular flexibility index (Phi) is 3.25. The Labute approximate surface area is 150 Å². The van der Waals surface area contributed by atoms with E-state index < -0.39 is 0 Å². The van der Waals surface area contributed by atoms with Gasteiger partial charge in [0.2, 0.25) is 0 Å². The SMILES string of the molecule is Nc1cc2c(-c3ccc4c(cnn4Cc4ccccc4)c3)c[nH]c2cn1. The summed E-state index contributed by atoms with van der Waals surface area (Å²) in [5, 5.41) is 6.77. The third kappa shape index (κ3) is 2.41. The number of hydrogen-bond donors (Lipinski definition) is 2. The fraction of sp³-hybridized carbons (Fsp3) is 0.0476. The van der Waals surface area contributed by atoms with Crippen molar-refractivity contribution in [2.75, 3.05) is 5.73 Å². The molecular weight excluding hydrogens is 322 g/mol. The van der Waals surface area contributed by atoms with Gasteiger partial charge in [0.15, 0.2) is 0 Å². The van der Waals surface area contributed by atoms with Crippen molar-refractivity contribution in [3.05, 3.63) is 78.8 Å². The summed E-state index contributed by atoms with van der Waals surface area (Å²) in [5.41, 5.74) is 11.5. The lowest BCUT2D eigenvalue weighted by Crippen LogP contribution is -2.00. The zero-order chi connectivity index (χ0) is 17.5. The summed E-state index contributed by atoms with van der Waals surface area (Å²) in [6.45, 7) is 0.763. The smallest absolute Gasteiger partial charge is 0.124 e. The molecule has 5 aromatic rings. The summed E-state index contributed by atoms with van der Waals surface area (Å²) in [6, 6.07) is 18.7. The molecule has 0 aliphatic carbocycles. The van der Waals surface area contributed by atoms with Gasteiger partial charge in [-0.3, -0.25) is 4.68 Å². The fourth-order valence-electron chi connectivity index (χ4n) is 3.41. The van der Waals surface area contributed by atoms with E-state index in [1.165, 1.54) is 5.56 Å². The Bertz CT molecular complexity index is 1220. The molecule has 0 atom stereocenters. The lowest BCUT2D eigenvalue weighted by molar-refractivity contribution is 0.712. The number of H-pyrrole nitrogens is 1. The van der Waals surface area contributed by atoms with Crippen molar-refractivity contribution in [2.45, 2.75) is 6.54 Å². The first-order chi connectivity index (χ1) is 12.8. The van der Waals surface area contributed by atoms with Crippen molar-refractivity contribution in [1.82, 2.24) is 19.7 Å². The van der Waals surface area contributed by atoms with Crippen molar-refractivity contribution in [3.8, 4) is 11.1 Å². The summed E-state index contributed by atoms with van der Waals surface area (Å²) < 4.78 is 2.03. The number of nitrogens with zero attached hydrogens (tertiary/aromatic N) is 3. The van der Waals surface area contributed by atoms with Crippen LogP contribution in [0.4, 0.5) is 5.82 Å². The highest BCUT2D eigenvalue weighted by molar-refractivity contribution is 5.98. The molecule has 0 amide bonds. The number of rotatable bonds is 3. The van der Waals surface area contributed by atoms with Crippen LogP contribution in [-0.2, 0) is 6.54 Å². The van der Waals surface area contributed by atoms with Gasteiger partial charge in [-0.05, 0) is 29.3 Å². The molecule has 5 heteroatoms. The first kappa shape index (κ1) is 14.7. The van der Waals surface area contributed by atoms with Crippen molar-refractivity contribution in [3.63, 3.8) is 0 Å². The van der Waals surface area contributed by atoms with Gasteiger partial charge in [0.25, 0.3) is 0 Å². The topological polar surface area (TPSA) is 72.5 Å². The van der Waals surface area contributed by atoms with Gasteiger partial charge in [-0.15, -0.1) is 0 Å². The van der Waals surface area contributed by atoms with E-state index >= 15 is 0 Å². The van der Waals surface area contributed by atoms with Gasteiger partial charge in [-0.1, -0.05) is 36.4 Å². The lowest BCUT2D eigenvalue weighted by atomic mass is 10.0. The zero-order valence-corrected chi connectivity index (χ0v) is 14.1. The standard InChI is InChI=1S/C21H17N5/c22-21-9-17-18(11-23-19(17)12-24-21)15-6-7-20-16(8-15)10-25-26(20)13-14-4-2-1-3-5-14/h1-12,23H,13H2,(H2,22,24). The summed E-state index contributed by atoms with van der Waals surface area (Å²) in [7, 11) is 0. The number of hydrogen-bond acceptors (Lipinski definition) is 3. The highest BCUT2D eigenvalue weighted by atomic mass is 15.3. The monoisotopic (exact) mass is 339 g/mol. The molecule has 0 aliphatic heterocycles. The Hall–Kier alpha value is -3.60. The fourth-order valence-corrected chi connectivity index (χ4v) is 3.41. The first-order valence-electron chi connectivity index (χ1n) is 8.50. The van der Waals surface area contributed by atoms with Crippen LogP contribution < -0.4 is 5.73 Å². The molecule has 2 aromatic carbocycles. The molecule has 3 heterocycles. The number of anilines is 1. The minimum Gasteiger partial charge on any atom is -0.384 e. The van der Waals surface area contributed by atoms with Gasteiger partial charge in [-0.25, -0.2) is 4.98 Å². The van der Waals surface area contributed by atoms with Gasteiger partial charge < -0.3 is 10.7 Å². The number of fused-ring (bicyclic) bond motifs is 2. The lowest BCUT2D eigenvalue weighted by Gasteiger charge is -2.05. The predicted octanol–water partition coefficient (Wildman–Crippen LogP) is 4.21. The minimum absolute atomic E-state index is 0.523. The van der Waals surface area contributed by atoms with Crippen LogP contribution in [0.5, 0.6) is 0 Å². The molecule has 0 saturated heterocycles. The Morgan fingerprint density at radius 1 is 1.00 bits per heavy atom. The maximum absolute atomic E-state index is 5.86. The van der Waals surface area contributed by atoms with E-state index in [1.807, 2.05) is 29.2 Å². The highest BCUT2D eigenvalue weighted by Crippen LogP contribution is 2.31. The predicted molar refractivity (Wildman–Crippen MR) is 105 cm³/mol. The van der Waals surface area contributed by atoms with Crippen molar-refractivity contribution < 1.29 is 0 Å². The summed E-state index contributed by atoms with van der Waals surface area (Å²) >= 11 is 0. The molecule has 3 N–H and O–H groups in total. The second-order valence-electron chi connectivity index (χ2n) is 6.42. The molecule has 0 radical (unpaired) electrons. The van der Waals surface area contributed by atoms with E-state index in [4.69, 9.17) is 5.73 Å². The van der Waals surface area contributed by atoms with E-state index in [0.717, 1.165) is 39.5 Å². The van der Waals surface area contributed by atoms with Crippen LogP contribution in [0.1, 0.15) is 5.56 Å². The van der Waals surface area contributed by atoms with Crippen molar-refractivity contribution in [1.29, 1.82) is 0 Å². The molecule has 0 bridgehead atoms. The molecule has 3 aromatic heterocycles. The molecular formula is C21H17N5. The van der Waals surface area contributed by atoms with Crippen LogP contribution in [0.3, 0.4) is 0 Å². The summed E-state index contributed by atoms with van der Waals surface area (Å²) in [5.74, 6) is 0.523. The number of aromatic amines is 1. The van der Waals surface area contributed by atoms with Crippen LogP contribution in [0, 0.1) is 0 Å².